The van der Waals surface area contributed by atoms with E-state index >= 15 is 0 Å². The number of nitrogens with zero attached hydrogens (tertiary/aromatic N) is 2. The number of H-pyrrole nitrogens is 1. The Labute approximate surface area is 158 Å². The van der Waals surface area contributed by atoms with E-state index in [4.69, 9.17) is 0 Å². The van der Waals surface area contributed by atoms with Gasteiger partial charge in [-0.25, -0.2) is 4.98 Å². The normalized spacial score (nSPS) is 10.4. The molecule has 0 saturated heterocycles. The molecular formula is C21H22N4O2. The van der Waals surface area contributed by atoms with Gasteiger partial charge in [0.1, 0.15) is 5.82 Å². The third-order valence-electron chi connectivity index (χ3n) is 4.19. The molecule has 0 fully saturated rings. The Bertz CT molecular complexity index is 892. The number of aromatic nitrogens is 2. The highest BCUT2D eigenvalue weighted by Gasteiger charge is 2.12. The second-order valence-electron chi connectivity index (χ2n) is 6.24. The first-order valence-corrected chi connectivity index (χ1v) is 8.81. The topological polar surface area (TPSA) is 78.1 Å². The van der Waals surface area contributed by atoms with E-state index < -0.39 is 0 Å². The van der Waals surface area contributed by atoms with Crippen LogP contribution < -0.4 is 5.32 Å². The summed E-state index contributed by atoms with van der Waals surface area (Å²) in [6, 6.07) is 17.2. The molecule has 0 saturated carbocycles. The molecule has 27 heavy (non-hydrogen) atoms. The van der Waals surface area contributed by atoms with Gasteiger partial charge in [-0.2, -0.15) is 0 Å². The average molecular weight is 362 g/mol. The van der Waals surface area contributed by atoms with Crippen molar-refractivity contribution < 1.29 is 9.59 Å². The Morgan fingerprint density at radius 2 is 1.93 bits per heavy atom. The van der Waals surface area contributed by atoms with Crippen molar-refractivity contribution in [1.29, 1.82) is 0 Å². The first kappa shape index (κ1) is 18.4. The summed E-state index contributed by atoms with van der Waals surface area (Å²) in [6.45, 7) is 2.39. The second kappa shape index (κ2) is 8.80. The largest absolute Gasteiger partial charge is 0.345 e. The van der Waals surface area contributed by atoms with Crippen LogP contribution in [0.1, 0.15) is 18.9 Å². The molecule has 0 spiro atoms. The van der Waals surface area contributed by atoms with Crippen molar-refractivity contribution in [3.8, 4) is 11.4 Å². The van der Waals surface area contributed by atoms with Gasteiger partial charge in [-0.15, -0.1) is 0 Å². The van der Waals surface area contributed by atoms with Gasteiger partial charge in [-0.3, -0.25) is 9.59 Å². The van der Waals surface area contributed by atoms with E-state index in [1.54, 1.807) is 17.3 Å². The number of amides is 2. The first-order chi connectivity index (χ1) is 13.1. The lowest BCUT2D eigenvalue weighted by Crippen LogP contribution is -2.31. The van der Waals surface area contributed by atoms with Gasteiger partial charge in [0.2, 0.25) is 11.8 Å². The van der Waals surface area contributed by atoms with Crippen LogP contribution in [-0.2, 0) is 16.1 Å². The van der Waals surface area contributed by atoms with Crippen LogP contribution in [0.15, 0.2) is 67.0 Å². The zero-order valence-corrected chi connectivity index (χ0v) is 15.2. The Morgan fingerprint density at radius 3 is 2.63 bits per heavy atom. The number of hydrogen-bond donors (Lipinski definition) is 2. The quantitative estimate of drug-likeness (QED) is 0.676. The molecule has 1 heterocycles. The molecule has 6 nitrogen and oxygen atoms in total. The lowest BCUT2D eigenvalue weighted by Gasteiger charge is -2.21. The third-order valence-corrected chi connectivity index (χ3v) is 4.19. The maximum absolute atomic E-state index is 12.3. The summed E-state index contributed by atoms with van der Waals surface area (Å²) in [6.07, 6.45) is 3.67. The molecule has 2 amide bonds. The minimum Gasteiger partial charge on any atom is -0.345 e. The van der Waals surface area contributed by atoms with E-state index in [-0.39, 0.29) is 18.2 Å². The molecule has 0 aliphatic rings. The van der Waals surface area contributed by atoms with Crippen molar-refractivity contribution in [3.05, 3.63) is 72.6 Å². The highest BCUT2D eigenvalue weighted by molar-refractivity contribution is 5.91. The van der Waals surface area contributed by atoms with Crippen LogP contribution in [0.3, 0.4) is 0 Å². The highest BCUT2D eigenvalue weighted by atomic mass is 16.2. The summed E-state index contributed by atoms with van der Waals surface area (Å²) in [5.41, 5.74) is 2.64. The van der Waals surface area contributed by atoms with Crippen molar-refractivity contribution in [2.24, 2.45) is 0 Å². The number of nitrogens with one attached hydrogen (secondary N) is 2. The summed E-state index contributed by atoms with van der Waals surface area (Å²) in [5, 5.41) is 2.88. The maximum atomic E-state index is 12.3. The first-order valence-electron chi connectivity index (χ1n) is 8.81. The minimum atomic E-state index is -0.133. The average Bonchev–Trinajstić information content (AvgIpc) is 3.21. The van der Waals surface area contributed by atoms with Gasteiger partial charge >= 0.3 is 0 Å². The molecule has 0 bridgehead atoms. The summed E-state index contributed by atoms with van der Waals surface area (Å²) >= 11 is 0. The van der Waals surface area contributed by atoms with Crippen molar-refractivity contribution in [2.45, 2.75) is 19.9 Å². The van der Waals surface area contributed by atoms with Crippen molar-refractivity contribution >= 4 is 17.5 Å². The molecule has 3 rings (SSSR count). The number of benzene rings is 2. The fourth-order valence-corrected chi connectivity index (χ4v) is 2.78. The van der Waals surface area contributed by atoms with Gasteiger partial charge in [0.25, 0.3) is 0 Å². The molecule has 0 aliphatic heterocycles. The van der Waals surface area contributed by atoms with Crippen molar-refractivity contribution in [3.63, 3.8) is 0 Å². The number of aromatic amines is 1. The molecule has 0 unspecified atom stereocenters. The fraction of sp³-hybridized carbons (Fsp3) is 0.190. The molecule has 0 aliphatic carbocycles. The molecule has 6 heteroatoms. The summed E-state index contributed by atoms with van der Waals surface area (Å²) < 4.78 is 0. The minimum absolute atomic E-state index is 0.0496. The number of carbonyl (C=O) groups excluding carboxylic acids is 2. The van der Waals surface area contributed by atoms with Crippen LogP contribution >= 0.6 is 0 Å². The summed E-state index contributed by atoms with van der Waals surface area (Å²) in [5.74, 6) is 0.564. The zero-order valence-electron chi connectivity index (χ0n) is 15.2. The second-order valence-corrected chi connectivity index (χ2v) is 6.24. The molecule has 138 valence electrons. The van der Waals surface area contributed by atoms with Crippen molar-refractivity contribution in [2.75, 3.05) is 11.9 Å². The Kier molecular flexibility index (Phi) is 5.99. The Balaban J connectivity index is 1.57. The Hall–Kier alpha value is -3.41. The van der Waals surface area contributed by atoms with E-state index in [0.717, 1.165) is 17.0 Å². The van der Waals surface area contributed by atoms with Crippen LogP contribution in [0, 0.1) is 0 Å². The predicted octanol–water partition coefficient (Wildman–Crippen LogP) is 3.45. The van der Waals surface area contributed by atoms with Gasteiger partial charge in [0.05, 0.1) is 0 Å². The predicted molar refractivity (Wildman–Crippen MR) is 105 cm³/mol. The number of imidazole rings is 1. The summed E-state index contributed by atoms with van der Waals surface area (Å²) in [7, 11) is 0. The van der Waals surface area contributed by atoms with E-state index in [1.165, 1.54) is 6.92 Å². The fourth-order valence-electron chi connectivity index (χ4n) is 2.78. The molecule has 1 aromatic heterocycles. The van der Waals surface area contributed by atoms with Gasteiger partial charge in [-0.05, 0) is 17.7 Å². The monoisotopic (exact) mass is 362 g/mol. The van der Waals surface area contributed by atoms with Crippen LogP contribution in [0.4, 0.5) is 5.69 Å². The van der Waals surface area contributed by atoms with Gasteiger partial charge in [0, 0.05) is 50.1 Å². The SMILES string of the molecule is CC(=O)N(CCC(=O)Nc1cccc(-c2ncc[nH]2)c1)Cc1ccccc1. The smallest absolute Gasteiger partial charge is 0.226 e. The van der Waals surface area contributed by atoms with E-state index in [9.17, 15) is 9.59 Å². The molecule has 2 N–H and O–H groups in total. The highest BCUT2D eigenvalue weighted by Crippen LogP contribution is 2.19. The molecule has 3 aromatic rings. The lowest BCUT2D eigenvalue weighted by molar-refractivity contribution is -0.129. The number of anilines is 1. The van der Waals surface area contributed by atoms with Crippen LogP contribution in [0.25, 0.3) is 11.4 Å². The zero-order chi connectivity index (χ0) is 19.1. The van der Waals surface area contributed by atoms with Crippen molar-refractivity contribution in [1.82, 2.24) is 14.9 Å². The Morgan fingerprint density at radius 1 is 1.11 bits per heavy atom. The number of rotatable bonds is 7. The number of hydrogen-bond acceptors (Lipinski definition) is 3. The lowest BCUT2D eigenvalue weighted by atomic mass is 10.2. The maximum Gasteiger partial charge on any atom is 0.226 e. The van der Waals surface area contributed by atoms with Gasteiger partial charge in [0.15, 0.2) is 0 Å². The van der Waals surface area contributed by atoms with Crippen LogP contribution in [-0.4, -0.2) is 33.2 Å². The van der Waals surface area contributed by atoms with E-state index in [1.807, 2.05) is 54.6 Å². The van der Waals surface area contributed by atoms with Gasteiger partial charge < -0.3 is 15.2 Å². The molecular weight excluding hydrogens is 340 g/mol. The molecule has 2 aromatic carbocycles. The van der Waals surface area contributed by atoms with E-state index in [0.29, 0.717) is 18.8 Å². The third kappa shape index (κ3) is 5.28. The van der Waals surface area contributed by atoms with E-state index in [2.05, 4.69) is 15.3 Å². The van der Waals surface area contributed by atoms with Crippen LogP contribution in [0.2, 0.25) is 0 Å². The van der Waals surface area contributed by atoms with Gasteiger partial charge in [-0.1, -0.05) is 42.5 Å². The standard InChI is InChI=1S/C21H22N4O2/c1-16(26)25(15-17-6-3-2-4-7-17)13-10-20(27)24-19-9-5-8-18(14-19)21-22-11-12-23-21/h2-9,11-12,14H,10,13,15H2,1H3,(H,22,23)(H,24,27). The number of carbonyl (C=O) groups is 2. The molecule has 0 atom stereocenters. The molecule has 0 radical (unpaired) electrons. The summed E-state index contributed by atoms with van der Waals surface area (Å²) in [4.78, 5) is 33.1. The van der Waals surface area contributed by atoms with Crippen LogP contribution in [0.5, 0.6) is 0 Å².